The largest absolute Gasteiger partial charge is 0.478 e. The SMILES string of the molecule is CCCCOCc1cccc(/C=C/C(=O)O)c1. The molecule has 0 aromatic heterocycles. The van der Waals surface area contributed by atoms with Gasteiger partial charge in [-0.15, -0.1) is 0 Å². The predicted octanol–water partition coefficient (Wildman–Crippen LogP) is 3.10. The van der Waals surface area contributed by atoms with Crippen molar-refractivity contribution in [3.8, 4) is 0 Å². The first-order chi connectivity index (χ1) is 8.22. The zero-order valence-electron chi connectivity index (χ0n) is 10.1. The highest BCUT2D eigenvalue weighted by Gasteiger charge is 1.95. The number of carboxylic acid groups (broad SMARTS) is 1. The molecule has 0 bridgehead atoms. The number of carbonyl (C=O) groups is 1. The molecule has 0 saturated carbocycles. The number of aliphatic carboxylic acids is 1. The first kappa shape index (κ1) is 13.5. The fourth-order valence-electron chi connectivity index (χ4n) is 1.39. The van der Waals surface area contributed by atoms with E-state index in [4.69, 9.17) is 9.84 Å². The summed E-state index contributed by atoms with van der Waals surface area (Å²) >= 11 is 0. The summed E-state index contributed by atoms with van der Waals surface area (Å²) in [5, 5.41) is 8.53. The lowest BCUT2D eigenvalue weighted by molar-refractivity contribution is -0.131. The molecule has 1 rings (SSSR count). The van der Waals surface area contributed by atoms with Crippen LogP contribution in [-0.2, 0) is 16.1 Å². The van der Waals surface area contributed by atoms with Crippen LogP contribution in [0, 0.1) is 0 Å². The maximum Gasteiger partial charge on any atom is 0.328 e. The second-order valence-electron chi connectivity index (χ2n) is 3.82. The lowest BCUT2D eigenvalue weighted by Crippen LogP contribution is -1.95. The Morgan fingerprint density at radius 3 is 3.00 bits per heavy atom. The Labute approximate surface area is 102 Å². The van der Waals surface area contributed by atoms with Crippen molar-refractivity contribution in [3.05, 3.63) is 41.5 Å². The third-order valence-corrected chi connectivity index (χ3v) is 2.28. The third kappa shape index (κ3) is 5.88. The molecular weight excluding hydrogens is 216 g/mol. The molecule has 0 heterocycles. The van der Waals surface area contributed by atoms with Gasteiger partial charge in [0.05, 0.1) is 6.61 Å². The Balaban J connectivity index is 2.50. The van der Waals surface area contributed by atoms with Gasteiger partial charge in [-0.3, -0.25) is 0 Å². The summed E-state index contributed by atoms with van der Waals surface area (Å²) in [6.07, 6.45) is 4.91. The van der Waals surface area contributed by atoms with Gasteiger partial charge in [0, 0.05) is 12.7 Å². The number of rotatable bonds is 7. The van der Waals surface area contributed by atoms with E-state index < -0.39 is 5.97 Å². The van der Waals surface area contributed by atoms with E-state index >= 15 is 0 Å². The molecule has 92 valence electrons. The molecule has 0 amide bonds. The Bertz CT molecular complexity index is 383. The minimum Gasteiger partial charge on any atom is -0.478 e. The van der Waals surface area contributed by atoms with E-state index in [-0.39, 0.29) is 0 Å². The van der Waals surface area contributed by atoms with E-state index in [0.29, 0.717) is 6.61 Å². The molecule has 0 fully saturated rings. The molecule has 17 heavy (non-hydrogen) atoms. The molecule has 0 aliphatic rings. The van der Waals surface area contributed by atoms with Gasteiger partial charge in [0.2, 0.25) is 0 Å². The fourth-order valence-corrected chi connectivity index (χ4v) is 1.39. The van der Waals surface area contributed by atoms with Gasteiger partial charge in [0.15, 0.2) is 0 Å². The van der Waals surface area contributed by atoms with Gasteiger partial charge in [-0.1, -0.05) is 31.5 Å². The van der Waals surface area contributed by atoms with Gasteiger partial charge in [-0.25, -0.2) is 4.79 Å². The first-order valence-electron chi connectivity index (χ1n) is 5.80. The molecule has 1 aromatic rings. The molecule has 0 aliphatic heterocycles. The number of carboxylic acids is 1. The minimum absolute atomic E-state index is 0.578. The smallest absolute Gasteiger partial charge is 0.328 e. The first-order valence-corrected chi connectivity index (χ1v) is 5.80. The number of benzene rings is 1. The summed E-state index contributed by atoms with van der Waals surface area (Å²) in [5.41, 5.74) is 1.94. The van der Waals surface area contributed by atoms with Crippen LogP contribution in [0.4, 0.5) is 0 Å². The van der Waals surface area contributed by atoms with E-state index in [2.05, 4.69) is 6.92 Å². The second kappa shape index (κ2) is 7.63. The van der Waals surface area contributed by atoms with E-state index in [1.54, 1.807) is 6.08 Å². The molecular formula is C14H18O3. The van der Waals surface area contributed by atoms with Crippen LogP contribution in [0.25, 0.3) is 6.08 Å². The average molecular weight is 234 g/mol. The highest BCUT2D eigenvalue weighted by Crippen LogP contribution is 2.08. The summed E-state index contributed by atoms with van der Waals surface area (Å²) in [5.74, 6) is -0.936. The van der Waals surface area contributed by atoms with Gasteiger partial charge < -0.3 is 9.84 Å². The van der Waals surface area contributed by atoms with Crippen molar-refractivity contribution in [3.63, 3.8) is 0 Å². The Morgan fingerprint density at radius 2 is 2.29 bits per heavy atom. The zero-order valence-corrected chi connectivity index (χ0v) is 10.1. The number of unbranched alkanes of at least 4 members (excludes halogenated alkanes) is 1. The van der Waals surface area contributed by atoms with Gasteiger partial charge in [-0.05, 0) is 29.7 Å². The van der Waals surface area contributed by atoms with Gasteiger partial charge in [0.1, 0.15) is 0 Å². The van der Waals surface area contributed by atoms with Crippen molar-refractivity contribution in [2.24, 2.45) is 0 Å². The highest BCUT2D eigenvalue weighted by molar-refractivity contribution is 5.85. The van der Waals surface area contributed by atoms with Crippen LogP contribution >= 0.6 is 0 Å². The lowest BCUT2D eigenvalue weighted by Gasteiger charge is -2.04. The Kier molecular flexibility index (Phi) is 6.04. The number of ether oxygens (including phenoxy) is 1. The van der Waals surface area contributed by atoms with E-state index in [9.17, 15) is 4.79 Å². The summed E-state index contributed by atoms with van der Waals surface area (Å²) in [4.78, 5) is 10.4. The zero-order chi connectivity index (χ0) is 12.5. The normalized spacial score (nSPS) is 10.9. The van der Waals surface area contributed by atoms with Crippen molar-refractivity contribution < 1.29 is 14.6 Å². The quantitative estimate of drug-likeness (QED) is 0.582. The molecule has 3 heteroatoms. The Hall–Kier alpha value is -1.61. The third-order valence-electron chi connectivity index (χ3n) is 2.28. The summed E-state index contributed by atoms with van der Waals surface area (Å²) < 4.78 is 5.50. The van der Waals surface area contributed by atoms with Crippen LogP contribution in [0.15, 0.2) is 30.3 Å². The minimum atomic E-state index is -0.936. The fraction of sp³-hybridized carbons (Fsp3) is 0.357. The maximum absolute atomic E-state index is 10.4. The average Bonchev–Trinajstić information content (AvgIpc) is 2.33. The molecule has 0 saturated heterocycles. The molecule has 1 aromatic carbocycles. The molecule has 0 aliphatic carbocycles. The van der Waals surface area contributed by atoms with E-state index in [1.165, 1.54) is 0 Å². The van der Waals surface area contributed by atoms with Gasteiger partial charge in [0.25, 0.3) is 0 Å². The van der Waals surface area contributed by atoms with Crippen LogP contribution in [0.5, 0.6) is 0 Å². The molecule has 0 atom stereocenters. The lowest BCUT2D eigenvalue weighted by atomic mass is 10.1. The second-order valence-corrected chi connectivity index (χ2v) is 3.82. The van der Waals surface area contributed by atoms with E-state index in [1.807, 2.05) is 24.3 Å². The van der Waals surface area contributed by atoms with Crippen LogP contribution in [0.1, 0.15) is 30.9 Å². The predicted molar refractivity (Wildman–Crippen MR) is 67.7 cm³/mol. The van der Waals surface area contributed by atoms with Crippen molar-refractivity contribution in [1.82, 2.24) is 0 Å². The molecule has 0 spiro atoms. The van der Waals surface area contributed by atoms with Crippen molar-refractivity contribution in [2.45, 2.75) is 26.4 Å². The van der Waals surface area contributed by atoms with Crippen molar-refractivity contribution in [2.75, 3.05) is 6.61 Å². The maximum atomic E-state index is 10.4. The standard InChI is InChI=1S/C14H18O3/c1-2-3-9-17-11-13-6-4-5-12(10-13)7-8-14(15)16/h4-8,10H,2-3,9,11H2,1H3,(H,15,16)/b8-7+. The van der Waals surface area contributed by atoms with Crippen LogP contribution in [-0.4, -0.2) is 17.7 Å². The molecule has 0 radical (unpaired) electrons. The molecule has 0 unspecified atom stereocenters. The van der Waals surface area contributed by atoms with E-state index in [0.717, 1.165) is 36.7 Å². The highest BCUT2D eigenvalue weighted by atomic mass is 16.5. The monoisotopic (exact) mass is 234 g/mol. The number of hydrogen-bond acceptors (Lipinski definition) is 2. The Morgan fingerprint density at radius 1 is 1.47 bits per heavy atom. The summed E-state index contributed by atoms with van der Waals surface area (Å²) in [6.45, 7) is 3.47. The molecule has 1 N–H and O–H groups in total. The van der Waals surface area contributed by atoms with Crippen LogP contribution in [0.3, 0.4) is 0 Å². The van der Waals surface area contributed by atoms with Gasteiger partial charge in [-0.2, -0.15) is 0 Å². The molecule has 3 nitrogen and oxygen atoms in total. The van der Waals surface area contributed by atoms with Gasteiger partial charge >= 0.3 is 5.97 Å². The van der Waals surface area contributed by atoms with Crippen molar-refractivity contribution in [1.29, 1.82) is 0 Å². The summed E-state index contributed by atoms with van der Waals surface area (Å²) in [7, 11) is 0. The number of hydrogen-bond donors (Lipinski definition) is 1. The van der Waals surface area contributed by atoms with Crippen molar-refractivity contribution >= 4 is 12.0 Å². The van der Waals surface area contributed by atoms with Crippen LogP contribution < -0.4 is 0 Å². The van der Waals surface area contributed by atoms with Crippen LogP contribution in [0.2, 0.25) is 0 Å². The summed E-state index contributed by atoms with van der Waals surface area (Å²) in [6, 6.07) is 7.68. The topological polar surface area (TPSA) is 46.5 Å².